The monoisotopic (exact) mass is 285 g/mol. The molecule has 0 saturated carbocycles. The molecule has 2 N–H and O–H groups in total. The lowest BCUT2D eigenvalue weighted by Gasteiger charge is -2.06. The van der Waals surface area contributed by atoms with Crippen molar-refractivity contribution in [2.24, 2.45) is 0 Å². The lowest BCUT2D eigenvalue weighted by Crippen LogP contribution is -2.14. The Hall–Kier alpha value is -3.27. The van der Waals surface area contributed by atoms with E-state index in [9.17, 15) is 14.0 Å². The molecule has 2 aromatic rings. The van der Waals surface area contributed by atoms with Crippen molar-refractivity contribution < 1.29 is 19.1 Å². The molecule has 1 heterocycles. The maximum absolute atomic E-state index is 13.6. The van der Waals surface area contributed by atoms with E-state index in [4.69, 9.17) is 10.4 Å². The Morgan fingerprint density at radius 1 is 1.29 bits per heavy atom. The smallest absolute Gasteiger partial charge is 0.354 e. The number of pyridine rings is 1. The number of anilines is 1. The van der Waals surface area contributed by atoms with Crippen LogP contribution in [0.2, 0.25) is 0 Å². The molecule has 0 aliphatic rings. The van der Waals surface area contributed by atoms with Gasteiger partial charge >= 0.3 is 5.97 Å². The molecule has 1 aromatic carbocycles. The summed E-state index contributed by atoms with van der Waals surface area (Å²) in [5.74, 6) is -2.58. The second-order valence-electron chi connectivity index (χ2n) is 4.00. The average Bonchev–Trinajstić information content (AvgIpc) is 2.49. The van der Waals surface area contributed by atoms with Gasteiger partial charge in [0.2, 0.25) is 0 Å². The molecule has 0 radical (unpaired) electrons. The predicted octanol–water partition coefficient (Wildman–Crippen LogP) is 2.04. The number of nitrogens with one attached hydrogen (secondary N) is 1. The van der Waals surface area contributed by atoms with Crippen molar-refractivity contribution in [3.05, 3.63) is 59.2 Å². The highest BCUT2D eigenvalue weighted by Gasteiger charge is 2.11. The summed E-state index contributed by atoms with van der Waals surface area (Å²) < 4.78 is 13.6. The van der Waals surface area contributed by atoms with E-state index in [0.717, 1.165) is 12.3 Å². The van der Waals surface area contributed by atoms with Gasteiger partial charge in [0.05, 0.1) is 22.9 Å². The number of nitriles is 1. The predicted molar refractivity (Wildman–Crippen MR) is 70.3 cm³/mol. The first-order chi connectivity index (χ1) is 10.0. The number of carbonyl (C=O) groups excluding carboxylic acids is 1. The van der Waals surface area contributed by atoms with Gasteiger partial charge < -0.3 is 10.4 Å². The zero-order valence-corrected chi connectivity index (χ0v) is 10.5. The largest absolute Gasteiger partial charge is 0.477 e. The summed E-state index contributed by atoms with van der Waals surface area (Å²) in [5.41, 5.74) is -0.0563. The molecule has 0 fully saturated rings. The molecule has 0 aliphatic carbocycles. The van der Waals surface area contributed by atoms with Gasteiger partial charge in [-0.3, -0.25) is 4.79 Å². The molecule has 104 valence electrons. The number of benzene rings is 1. The van der Waals surface area contributed by atoms with E-state index in [1.165, 1.54) is 24.3 Å². The van der Waals surface area contributed by atoms with Gasteiger partial charge in [-0.2, -0.15) is 5.26 Å². The third-order valence-electron chi connectivity index (χ3n) is 2.59. The number of aromatic nitrogens is 1. The van der Waals surface area contributed by atoms with Crippen LogP contribution in [0.5, 0.6) is 0 Å². The number of carbonyl (C=O) groups is 2. The first kappa shape index (κ1) is 14.1. The molecule has 0 saturated heterocycles. The fourth-order valence-electron chi connectivity index (χ4n) is 1.54. The summed E-state index contributed by atoms with van der Waals surface area (Å²) >= 11 is 0. The Labute approximate surface area is 118 Å². The first-order valence-electron chi connectivity index (χ1n) is 5.71. The van der Waals surface area contributed by atoms with E-state index in [1.54, 1.807) is 6.07 Å². The summed E-state index contributed by atoms with van der Waals surface area (Å²) in [6, 6.07) is 7.86. The molecule has 0 unspecified atom stereocenters. The van der Waals surface area contributed by atoms with Crippen molar-refractivity contribution in [3.8, 4) is 6.07 Å². The van der Waals surface area contributed by atoms with Gasteiger partial charge in [-0.25, -0.2) is 14.2 Å². The number of halogens is 1. The molecular formula is C14H8FN3O3. The van der Waals surface area contributed by atoms with E-state index in [-0.39, 0.29) is 22.5 Å². The minimum absolute atomic E-state index is 0.0821. The molecular weight excluding hydrogens is 277 g/mol. The van der Waals surface area contributed by atoms with Crippen molar-refractivity contribution in [1.29, 1.82) is 5.26 Å². The molecule has 21 heavy (non-hydrogen) atoms. The van der Waals surface area contributed by atoms with Crippen LogP contribution in [-0.2, 0) is 0 Å². The Morgan fingerprint density at radius 2 is 2.05 bits per heavy atom. The highest BCUT2D eigenvalue weighted by Crippen LogP contribution is 2.16. The summed E-state index contributed by atoms with van der Waals surface area (Å²) in [4.78, 5) is 26.1. The van der Waals surface area contributed by atoms with Crippen LogP contribution in [0.15, 0.2) is 36.5 Å². The van der Waals surface area contributed by atoms with Crippen LogP contribution in [0, 0.1) is 17.1 Å². The number of rotatable bonds is 3. The van der Waals surface area contributed by atoms with Gasteiger partial charge in [0.25, 0.3) is 5.91 Å². The number of carboxylic acid groups (broad SMARTS) is 1. The second-order valence-corrected chi connectivity index (χ2v) is 4.00. The Kier molecular flexibility index (Phi) is 3.90. The zero-order chi connectivity index (χ0) is 15.4. The van der Waals surface area contributed by atoms with Crippen LogP contribution >= 0.6 is 0 Å². The van der Waals surface area contributed by atoms with Crippen LogP contribution in [0.25, 0.3) is 0 Å². The normalized spacial score (nSPS) is 9.71. The summed E-state index contributed by atoms with van der Waals surface area (Å²) in [6.45, 7) is 0. The number of hydrogen-bond donors (Lipinski definition) is 2. The third kappa shape index (κ3) is 3.19. The van der Waals surface area contributed by atoms with Gasteiger partial charge in [-0.15, -0.1) is 0 Å². The number of amides is 1. The van der Waals surface area contributed by atoms with Crippen LogP contribution in [0.1, 0.15) is 26.4 Å². The standard InChI is InChI=1S/C14H8FN3O3/c15-10-5-8(6-16)1-3-11(10)18-13(19)9-2-4-12(14(20)21)17-7-9/h1-5,7H,(H,18,19)(H,20,21). The number of nitrogens with zero attached hydrogens (tertiary/aromatic N) is 2. The second kappa shape index (κ2) is 5.79. The fraction of sp³-hybridized carbons (Fsp3) is 0. The van der Waals surface area contributed by atoms with Crippen molar-refractivity contribution in [1.82, 2.24) is 4.98 Å². The van der Waals surface area contributed by atoms with Gasteiger partial charge in [0, 0.05) is 6.20 Å². The molecule has 0 bridgehead atoms. The van der Waals surface area contributed by atoms with Crippen LogP contribution < -0.4 is 5.32 Å². The molecule has 0 atom stereocenters. The fourth-order valence-corrected chi connectivity index (χ4v) is 1.54. The number of carboxylic acids is 1. The maximum atomic E-state index is 13.6. The maximum Gasteiger partial charge on any atom is 0.354 e. The van der Waals surface area contributed by atoms with Gasteiger partial charge in [0.15, 0.2) is 0 Å². The number of hydrogen-bond acceptors (Lipinski definition) is 4. The van der Waals surface area contributed by atoms with E-state index >= 15 is 0 Å². The number of aromatic carboxylic acids is 1. The van der Waals surface area contributed by atoms with E-state index in [1.807, 2.05) is 0 Å². The Bertz CT molecular complexity index is 751. The topological polar surface area (TPSA) is 103 Å². The molecule has 1 amide bonds. The van der Waals surface area contributed by atoms with E-state index < -0.39 is 17.7 Å². The minimum Gasteiger partial charge on any atom is -0.477 e. The first-order valence-corrected chi connectivity index (χ1v) is 5.71. The molecule has 1 aromatic heterocycles. The van der Waals surface area contributed by atoms with Crippen LogP contribution in [0.3, 0.4) is 0 Å². The zero-order valence-electron chi connectivity index (χ0n) is 10.5. The summed E-state index contributed by atoms with van der Waals surface area (Å²) in [5, 5.41) is 19.6. The molecule has 0 spiro atoms. The van der Waals surface area contributed by atoms with Crippen LogP contribution in [0.4, 0.5) is 10.1 Å². The highest BCUT2D eigenvalue weighted by atomic mass is 19.1. The quantitative estimate of drug-likeness (QED) is 0.898. The minimum atomic E-state index is -1.21. The molecule has 0 aliphatic heterocycles. The van der Waals surface area contributed by atoms with E-state index in [2.05, 4.69) is 10.3 Å². The van der Waals surface area contributed by atoms with Crippen molar-refractivity contribution >= 4 is 17.6 Å². The van der Waals surface area contributed by atoms with Crippen molar-refractivity contribution in [2.45, 2.75) is 0 Å². The van der Waals surface area contributed by atoms with Gasteiger partial charge in [0.1, 0.15) is 11.5 Å². The van der Waals surface area contributed by atoms with Gasteiger partial charge in [-0.1, -0.05) is 0 Å². The lowest BCUT2D eigenvalue weighted by atomic mass is 10.2. The van der Waals surface area contributed by atoms with Gasteiger partial charge in [-0.05, 0) is 30.3 Å². The van der Waals surface area contributed by atoms with Crippen molar-refractivity contribution in [2.75, 3.05) is 5.32 Å². The van der Waals surface area contributed by atoms with Crippen molar-refractivity contribution in [3.63, 3.8) is 0 Å². The Balaban J connectivity index is 2.18. The van der Waals surface area contributed by atoms with E-state index in [0.29, 0.717) is 0 Å². The van der Waals surface area contributed by atoms with Crippen LogP contribution in [-0.4, -0.2) is 22.0 Å². The lowest BCUT2D eigenvalue weighted by molar-refractivity contribution is 0.0690. The highest BCUT2D eigenvalue weighted by molar-refractivity contribution is 6.04. The molecule has 2 rings (SSSR count). The summed E-state index contributed by atoms with van der Waals surface area (Å²) in [7, 11) is 0. The summed E-state index contributed by atoms with van der Waals surface area (Å²) in [6.07, 6.45) is 1.08. The average molecular weight is 285 g/mol. The molecule has 7 heteroatoms. The molecule has 6 nitrogen and oxygen atoms in total. The third-order valence-corrected chi connectivity index (χ3v) is 2.59. The Morgan fingerprint density at radius 3 is 2.57 bits per heavy atom. The SMILES string of the molecule is N#Cc1ccc(NC(=O)c2ccc(C(=O)O)nc2)c(F)c1.